The minimum atomic E-state index is -3.61. The summed E-state index contributed by atoms with van der Waals surface area (Å²) in [6.07, 6.45) is 0.630. The lowest BCUT2D eigenvalue weighted by atomic mass is 10.1. The second kappa shape index (κ2) is 6.88. The monoisotopic (exact) mass is 362 g/mol. The smallest absolute Gasteiger partial charge is 0.241 e. The van der Waals surface area contributed by atoms with Gasteiger partial charge in [0, 0.05) is 23.1 Å². The number of aryl methyl sites for hydroxylation is 2. The lowest BCUT2D eigenvalue weighted by molar-refractivity contribution is 0.427. The molecule has 24 heavy (non-hydrogen) atoms. The molecular formula is C17H18N2O3S2. The van der Waals surface area contributed by atoms with Crippen molar-refractivity contribution in [2.45, 2.75) is 31.7 Å². The van der Waals surface area contributed by atoms with Gasteiger partial charge in [-0.25, -0.2) is 13.1 Å². The van der Waals surface area contributed by atoms with E-state index in [-0.39, 0.29) is 11.4 Å². The summed E-state index contributed by atoms with van der Waals surface area (Å²) >= 11 is 1.52. The van der Waals surface area contributed by atoms with Crippen LogP contribution in [0.2, 0.25) is 0 Å². The molecule has 0 aliphatic rings. The fourth-order valence-corrected chi connectivity index (χ4v) is 4.48. The highest BCUT2D eigenvalue weighted by Crippen LogP contribution is 2.26. The molecule has 0 aliphatic carbocycles. The third-order valence-electron chi connectivity index (χ3n) is 3.67. The van der Waals surface area contributed by atoms with Gasteiger partial charge in [0.15, 0.2) is 5.76 Å². The van der Waals surface area contributed by atoms with Crippen LogP contribution in [0.25, 0.3) is 11.3 Å². The average Bonchev–Trinajstić information content (AvgIpc) is 3.24. The average molecular weight is 362 g/mol. The van der Waals surface area contributed by atoms with Gasteiger partial charge < -0.3 is 4.52 Å². The summed E-state index contributed by atoms with van der Waals surface area (Å²) in [5.41, 5.74) is 2.22. The number of nitrogens with one attached hydrogen (secondary N) is 1. The molecular weight excluding hydrogens is 344 g/mol. The minimum absolute atomic E-state index is 0.285. The van der Waals surface area contributed by atoms with Gasteiger partial charge in [-0.15, -0.1) is 11.3 Å². The molecule has 0 bridgehead atoms. The highest BCUT2D eigenvalue weighted by molar-refractivity contribution is 7.89. The summed E-state index contributed by atoms with van der Waals surface area (Å²) < 4.78 is 33.4. The first-order chi connectivity index (χ1) is 11.5. The van der Waals surface area contributed by atoms with Crippen LogP contribution in [0.3, 0.4) is 0 Å². The zero-order valence-electron chi connectivity index (χ0n) is 13.4. The summed E-state index contributed by atoms with van der Waals surface area (Å²) in [6.45, 7) is 4.05. The van der Waals surface area contributed by atoms with Crippen molar-refractivity contribution in [2.24, 2.45) is 0 Å². The molecule has 0 spiro atoms. The first-order valence-electron chi connectivity index (χ1n) is 7.58. The Morgan fingerprint density at radius 1 is 1.25 bits per heavy atom. The van der Waals surface area contributed by atoms with Crippen LogP contribution >= 0.6 is 11.3 Å². The normalized spacial score (nSPS) is 11.8. The molecule has 0 atom stereocenters. The number of aromatic nitrogens is 1. The van der Waals surface area contributed by atoms with Gasteiger partial charge in [-0.2, -0.15) is 0 Å². The van der Waals surface area contributed by atoms with E-state index in [0.29, 0.717) is 17.7 Å². The highest BCUT2D eigenvalue weighted by atomic mass is 32.2. The van der Waals surface area contributed by atoms with E-state index in [1.54, 1.807) is 12.1 Å². The number of hydrogen-bond acceptors (Lipinski definition) is 5. The van der Waals surface area contributed by atoms with Gasteiger partial charge in [-0.05, 0) is 36.4 Å². The van der Waals surface area contributed by atoms with Crippen molar-refractivity contribution in [1.82, 2.24) is 9.88 Å². The van der Waals surface area contributed by atoms with Crippen LogP contribution in [0.1, 0.15) is 23.1 Å². The van der Waals surface area contributed by atoms with Crippen LogP contribution in [0, 0.1) is 6.92 Å². The van der Waals surface area contributed by atoms with E-state index in [0.717, 1.165) is 16.1 Å². The Balaban J connectivity index is 1.95. The third-order valence-corrected chi connectivity index (χ3v) is 6.03. The van der Waals surface area contributed by atoms with Crippen LogP contribution in [-0.4, -0.2) is 13.6 Å². The lowest BCUT2D eigenvalue weighted by Gasteiger charge is -2.11. The molecule has 0 fully saturated rings. The van der Waals surface area contributed by atoms with Crippen molar-refractivity contribution in [2.75, 3.05) is 0 Å². The van der Waals surface area contributed by atoms with Crippen molar-refractivity contribution >= 4 is 21.4 Å². The zero-order chi connectivity index (χ0) is 17.2. The zero-order valence-corrected chi connectivity index (χ0v) is 15.1. The molecule has 7 heteroatoms. The Morgan fingerprint density at radius 2 is 2.08 bits per heavy atom. The molecule has 5 nitrogen and oxygen atoms in total. The maximum absolute atomic E-state index is 12.7. The Bertz CT molecular complexity index is 929. The molecule has 0 amide bonds. The van der Waals surface area contributed by atoms with Crippen LogP contribution in [0.5, 0.6) is 0 Å². The van der Waals surface area contributed by atoms with E-state index in [1.807, 2.05) is 43.5 Å². The van der Waals surface area contributed by atoms with Crippen molar-refractivity contribution in [3.05, 3.63) is 57.9 Å². The van der Waals surface area contributed by atoms with Gasteiger partial charge in [0.1, 0.15) is 0 Å². The van der Waals surface area contributed by atoms with Crippen molar-refractivity contribution in [3.8, 4) is 11.3 Å². The van der Waals surface area contributed by atoms with E-state index in [1.165, 1.54) is 11.3 Å². The maximum atomic E-state index is 12.7. The first-order valence-corrected chi connectivity index (χ1v) is 9.94. The quantitative estimate of drug-likeness (QED) is 0.725. The minimum Gasteiger partial charge on any atom is -0.356 e. The lowest BCUT2D eigenvalue weighted by Crippen LogP contribution is -2.24. The number of benzene rings is 1. The molecule has 3 rings (SSSR count). The second-order valence-corrected chi connectivity index (χ2v) is 8.18. The molecule has 0 saturated heterocycles. The van der Waals surface area contributed by atoms with Gasteiger partial charge in [0.05, 0.1) is 10.6 Å². The van der Waals surface area contributed by atoms with Crippen molar-refractivity contribution in [1.29, 1.82) is 0 Å². The SMILES string of the molecule is CCc1ccc(-c2cc(C)no2)cc1S(=O)(=O)NCc1cccs1. The van der Waals surface area contributed by atoms with E-state index in [4.69, 9.17) is 4.52 Å². The largest absolute Gasteiger partial charge is 0.356 e. The van der Waals surface area contributed by atoms with Crippen LogP contribution in [-0.2, 0) is 23.0 Å². The van der Waals surface area contributed by atoms with Gasteiger partial charge >= 0.3 is 0 Å². The Morgan fingerprint density at radius 3 is 2.71 bits per heavy atom. The van der Waals surface area contributed by atoms with Crippen LogP contribution < -0.4 is 4.72 Å². The summed E-state index contributed by atoms with van der Waals surface area (Å²) in [4.78, 5) is 1.26. The molecule has 2 heterocycles. The van der Waals surface area contributed by atoms with Gasteiger partial charge in [0.25, 0.3) is 0 Å². The highest BCUT2D eigenvalue weighted by Gasteiger charge is 2.19. The summed E-state index contributed by atoms with van der Waals surface area (Å²) in [7, 11) is -3.61. The molecule has 1 aromatic carbocycles. The number of rotatable bonds is 6. The standard InChI is InChI=1S/C17H18N2O3S2/c1-3-13-6-7-14(16-9-12(2)19-22-16)10-17(13)24(20,21)18-11-15-5-4-8-23-15/h4-10,18H,3,11H2,1-2H3. The number of hydrogen-bond donors (Lipinski definition) is 1. The van der Waals surface area contributed by atoms with Crippen LogP contribution in [0.15, 0.2) is 51.2 Å². The topological polar surface area (TPSA) is 72.2 Å². The summed E-state index contributed by atoms with van der Waals surface area (Å²) in [5, 5.41) is 5.78. The van der Waals surface area contributed by atoms with E-state index < -0.39 is 10.0 Å². The number of thiophene rings is 1. The predicted octanol–water partition coefficient (Wildman–Crippen LogP) is 3.75. The maximum Gasteiger partial charge on any atom is 0.241 e. The second-order valence-electron chi connectivity index (χ2n) is 5.41. The molecule has 1 N–H and O–H groups in total. The fraction of sp³-hybridized carbons (Fsp3) is 0.235. The molecule has 2 aromatic heterocycles. The molecule has 3 aromatic rings. The number of sulfonamides is 1. The molecule has 0 aliphatic heterocycles. The van der Waals surface area contributed by atoms with Gasteiger partial charge in [-0.1, -0.05) is 30.3 Å². The summed E-state index contributed by atoms with van der Waals surface area (Å²) in [6, 6.07) is 10.9. The molecule has 0 unspecified atom stereocenters. The fourth-order valence-electron chi connectivity index (χ4n) is 2.41. The Hall–Kier alpha value is -1.96. The van der Waals surface area contributed by atoms with Gasteiger partial charge in [0.2, 0.25) is 10.0 Å². The predicted molar refractivity (Wildman–Crippen MR) is 94.4 cm³/mol. The number of nitrogens with zero attached hydrogens (tertiary/aromatic N) is 1. The Kier molecular flexibility index (Phi) is 4.84. The molecule has 126 valence electrons. The Labute approximate surface area is 145 Å². The molecule has 0 radical (unpaired) electrons. The van der Waals surface area contributed by atoms with Gasteiger partial charge in [-0.3, -0.25) is 0 Å². The third kappa shape index (κ3) is 3.58. The van der Waals surface area contributed by atoms with E-state index >= 15 is 0 Å². The van der Waals surface area contributed by atoms with E-state index in [2.05, 4.69) is 9.88 Å². The molecule has 0 saturated carbocycles. The van der Waals surface area contributed by atoms with E-state index in [9.17, 15) is 8.42 Å². The first kappa shape index (κ1) is 16.9. The van der Waals surface area contributed by atoms with Crippen LogP contribution in [0.4, 0.5) is 0 Å². The van der Waals surface area contributed by atoms with Crippen molar-refractivity contribution < 1.29 is 12.9 Å². The van der Waals surface area contributed by atoms with Crippen molar-refractivity contribution in [3.63, 3.8) is 0 Å². The summed E-state index contributed by atoms with van der Waals surface area (Å²) in [5.74, 6) is 0.560.